The molecule has 4 N–H and O–H groups in total. The van der Waals surface area contributed by atoms with Crippen LogP contribution in [0.5, 0.6) is 0 Å². The number of nitrogens with two attached hydrogens (primary N) is 1. The lowest BCUT2D eigenvalue weighted by molar-refractivity contribution is 0.429. The van der Waals surface area contributed by atoms with Gasteiger partial charge in [-0.05, 0) is 32.1 Å². The predicted molar refractivity (Wildman–Crippen MR) is 64.4 cm³/mol. The first-order chi connectivity index (χ1) is 7.13. The minimum atomic E-state index is 0.362. The number of nitrogens with one attached hydrogen (secondary N) is 2. The Labute approximate surface area is 92.7 Å². The fourth-order valence-corrected chi connectivity index (χ4v) is 2.11. The van der Waals surface area contributed by atoms with Gasteiger partial charge >= 0.3 is 0 Å². The van der Waals surface area contributed by atoms with E-state index in [4.69, 9.17) is 5.84 Å². The maximum atomic E-state index is 5.40. The maximum Gasteiger partial charge on any atom is 0.205 e. The van der Waals surface area contributed by atoms with E-state index in [1.54, 1.807) is 0 Å². The fraction of sp³-hybridized carbons (Fsp3) is 0.909. The van der Waals surface area contributed by atoms with Gasteiger partial charge in [0.25, 0.3) is 0 Å². The third kappa shape index (κ3) is 4.08. The lowest BCUT2D eigenvalue weighted by Gasteiger charge is -2.15. The van der Waals surface area contributed by atoms with Gasteiger partial charge in [0.15, 0.2) is 0 Å². The molecule has 0 spiro atoms. The molecule has 0 heterocycles. The second kappa shape index (κ2) is 5.95. The first-order valence-corrected chi connectivity index (χ1v) is 5.91. The third-order valence-electron chi connectivity index (χ3n) is 3.09. The van der Waals surface area contributed by atoms with Crippen LogP contribution in [-0.4, -0.2) is 18.5 Å². The van der Waals surface area contributed by atoms with Gasteiger partial charge in [0.2, 0.25) is 5.96 Å². The van der Waals surface area contributed by atoms with Gasteiger partial charge in [-0.1, -0.05) is 19.8 Å². The van der Waals surface area contributed by atoms with Crippen molar-refractivity contribution in [3.05, 3.63) is 0 Å². The summed E-state index contributed by atoms with van der Waals surface area (Å²) >= 11 is 0. The number of nitrogens with zero attached hydrogens (tertiary/aromatic N) is 1. The van der Waals surface area contributed by atoms with Gasteiger partial charge in [-0.3, -0.25) is 10.4 Å². The molecule has 0 aromatic rings. The second-order valence-electron chi connectivity index (χ2n) is 4.80. The largest absolute Gasteiger partial charge is 0.353 e. The highest BCUT2D eigenvalue weighted by Gasteiger charge is 2.22. The van der Waals surface area contributed by atoms with E-state index in [0.29, 0.717) is 12.0 Å². The van der Waals surface area contributed by atoms with E-state index < -0.39 is 0 Å². The Balaban J connectivity index is 2.39. The van der Waals surface area contributed by atoms with E-state index in [9.17, 15) is 0 Å². The van der Waals surface area contributed by atoms with Crippen LogP contribution in [0.25, 0.3) is 0 Å². The van der Waals surface area contributed by atoms with Crippen LogP contribution in [-0.2, 0) is 0 Å². The van der Waals surface area contributed by atoms with Crippen molar-refractivity contribution < 1.29 is 0 Å². The summed E-state index contributed by atoms with van der Waals surface area (Å²) in [4.78, 5) is 4.48. The Bertz CT molecular complexity index is 213. The summed E-state index contributed by atoms with van der Waals surface area (Å²) in [6.07, 6.45) is 4.01. The number of hydrogen-bond acceptors (Lipinski definition) is 2. The molecular formula is C11H24N4. The SMILES string of the molecule is CC(C)NC(=NCC1CCCC1C)NN. The van der Waals surface area contributed by atoms with Crippen LogP contribution in [0.1, 0.15) is 40.0 Å². The molecule has 15 heavy (non-hydrogen) atoms. The van der Waals surface area contributed by atoms with Gasteiger partial charge in [-0.2, -0.15) is 0 Å². The van der Waals surface area contributed by atoms with E-state index in [1.165, 1.54) is 19.3 Å². The molecule has 88 valence electrons. The summed E-state index contributed by atoms with van der Waals surface area (Å²) in [7, 11) is 0. The van der Waals surface area contributed by atoms with E-state index in [2.05, 4.69) is 36.5 Å². The van der Waals surface area contributed by atoms with Crippen molar-refractivity contribution in [2.24, 2.45) is 22.7 Å². The molecule has 0 radical (unpaired) electrons. The molecule has 0 bridgehead atoms. The number of aliphatic imine (C=N–C) groups is 1. The third-order valence-corrected chi connectivity index (χ3v) is 3.09. The molecule has 0 aromatic carbocycles. The second-order valence-corrected chi connectivity index (χ2v) is 4.80. The summed E-state index contributed by atoms with van der Waals surface area (Å²) in [5.41, 5.74) is 2.61. The first kappa shape index (κ1) is 12.3. The normalized spacial score (nSPS) is 27.1. The molecule has 0 amide bonds. The highest BCUT2D eigenvalue weighted by atomic mass is 15.3. The quantitative estimate of drug-likeness (QED) is 0.285. The lowest BCUT2D eigenvalue weighted by atomic mass is 9.99. The average molecular weight is 212 g/mol. The molecule has 1 aliphatic rings. The summed E-state index contributed by atoms with van der Waals surface area (Å²) < 4.78 is 0. The zero-order chi connectivity index (χ0) is 11.3. The Hall–Kier alpha value is -0.770. The molecule has 2 atom stereocenters. The van der Waals surface area contributed by atoms with Crippen molar-refractivity contribution in [3.63, 3.8) is 0 Å². The van der Waals surface area contributed by atoms with Crippen molar-refractivity contribution >= 4 is 5.96 Å². The van der Waals surface area contributed by atoms with Crippen molar-refractivity contribution in [1.82, 2.24) is 10.7 Å². The average Bonchev–Trinajstić information content (AvgIpc) is 2.58. The van der Waals surface area contributed by atoms with Crippen molar-refractivity contribution in [2.75, 3.05) is 6.54 Å². The summed E-state index contributed by atoms with van der Waals surface area (Å²) in [6, 6.07) is 0.362. The van der Waals surface area contributed by atoms with E-state index >= 15 is 0 Å². The summed E-state index contributed by atoms with van der Waals surface area (Å²) in [6.45, 7) is 7.36. The summed E-state index contributed by atoms with van der Waals surface area (Å²) in [5.74, 6) is 7.66. The number of hydrogen-bond donors (Lipinski definition) is 3. The van der Waals surface area contributed by atoms with Gasteiger partial charge in [0, 0.05) is 12.6 Å². The zero-order valence-corrected chi connectivity index (χ0v) is 10.1. The maximum absolute atomic E-state index is 5.40. The smallest absolute Gasteiger partial charge is 0.205 e. The molecule has 2 unspecified atom stereocenters. The fourth-order valence-electron chi connectivity index (χ4n) is 2.11. The summed E-state index contributed by atoms with van der Waals surface area (Å²) in [5, 5.41) is 3.18. The number of guanidine groups is 1. The van der Waals surface area contributed by atoms with Crippen LogP contribution < -0.4 is 16.6 Å². The molecule has 0 saturated heterocycles. The number of rotatable bonds is 3. The van der Waals surface area contributed by atoms with Crippen LogP contribution in [0.15, 0.2) is 4.99 Å². The molecule has 0 aromatic heterocycles. The highest BCUT2D eigenvalue weighted by Crippen LogP contribution is 2.31. The minimum Gasteiger partial charge on any atom is -0.353 e. The topological polar surface area (TPSA) is 62.4 Å². The molecular weight excluding hydrogens is 188 g/mol. The molecule has 4 nitrogen and oxygen atoms in total. The standard InChI is InChI=1S/C11H24N4/c1-8(2)14-11(15-12)13-7-10-6-4-5-9(10)3/h8-10H,4-7,12H2,1-3H3,(H2,13,14,15). The van der Waals surface area contributed by atoms with Crippen molar-refractivity contribution in [2.45, 2.75) is 46.1 Å². The predicted octanol–water partition coefficient (Wildman–Crippen LogP) is 1.24. The number of hydrazine groups is 1. The Kier molecular flexibility index (Phi) is 4.88. The van der Waals surface area contributed by atoms with Crippen LogP contribution >= 0.6 is 0 Å². The Morgan fingerprint density at radius 1 is 1.47 bits per heavy atom. The van der Waals surface area contributed by atoms with Crippen molar-refractivity contribution in [3.8, 4) is 0 Å². The van der Waals surface area contributed by atoms with Crippen molar-refractivity contribution in [1.29, 1.82) is 0 Å². The molecule has 1 rings (SSSR count). The van der Waals surface area contributed by atoms with Gasteiger partial charge < -0.3 is 5.32 Å². The molecule has 0 aliphatic heterocycles. The Morgan fingerprint density at radius 2 is 2.20 bits per heavy atom. The van der Waals surface area contributed by atoms with Gasteiger partial charge in [0.1, 0.15) is 0 Å². The van der Waals surface area contributed by atoms with Crippen LogP contribution in [0.3, 0.4) is 0 Å². The van der Waals surface area contributed by atoms with Crippen LogP contribution in [0.2, 0.25) is 0 Å². The van der Waals surface area contributed by atoms with E-state index in [1.807, 2.05) is 0 Å². The molecule has 4 heteroatoms. The minimum absolute atomic E-state index is 0.362. The first-order valence-electron chi connectivity index (χ1n) is 5.91. The van der Waals surface area contributed by atoms with E-state index in [-0.39, 0.29) is 0 Å². The van der Waals surface area contributed by atoms with Crippen LogP contribution in [0.4, 0.5) is 0 Å². The highest BCUT2D eigenvalue weighted by molar-refractivity contribution is 5.79. The van der Waals surface area contributed by atoms with Gasteiger partial charge in [-0.25, -0.2) is 5.84 Å². The Morgan fingerprint density at radius 3 is 2.67 bits per heavy atom. The monoisotopic (exact) mass is 212 g/mol. The van der Waals surface area contributed by atoms with Crippen LogP contribution in [0, 0.1) is 11.8 Å². The molecule has 1 saturated carbocycles. The zero-order valence-electron chi connectivity index (χ0n) is 10.1. The van der Waals surface area contributed by atoms with Gasteiger partial charge in [-0.15, -0.1) is 0 Å². The van der Waals surface area contributed by atoms with Gasteiger partial charge in [0.05, 0.1) is 0 Å². The molecule has 1 aliphatic carbocycles. The molecule has 1 fully saturated rings. The van der Waals surface area contributed by atoms with E-state index in [0.717, 1.165) is 18.4 Å². The lowest BCUT2D eigenvalue weighted by Crippen LogP contribution is -2.44.